The average molecular weight is 242 g/mol. The van der Waals surface area contributed by atoms with Gasteiger partial charge >= 0.3 is 12.3 Å². The molecular formula is C11H8F2O4. The molecule has 1 aliphatic rings. The molecule has 2 rings (SSSR count). The first kappa shape index (κ1) is 11.4. The van der Waals surface area contributed by atoms with Crippen LogP contribution in [0.1, 0.15) is 5.56 Å². The molecule has 1 heterocycles. The predicted molar refractivity (Wildman–Crippen MR) is 53.7 cm³/mol. The monoisotopic (exact) mass is 242 g/mol. The molecule has 90 valence electrons. The lowest BCUT2D eigenvalue weighted by atomic mass is 10.1. The fourth-order valence-corrected chi connectivity index (χ4v) is 1.38. The number of alkyl halides is 2. The highest BCUT2D eigenvalue weighted by molar-refractivity contribution is 6.15. The van der Waals surface area contributed by atoms with Crippen LogP contribution in [0.25, 0.3) is 5.57 Å². The molecule has 0 atom stereocenters. The molecule has 0 saturated heterocycles. The molecular weight excluding hydrogens is 234 g/mol. The summed E-state index contributed by atoms with van der Waals surface area (Å²) in [7, 11) is 1.20. The van der Waals surface area contributed by atoms with E-state index in [1.165, 1.54) is 25.3 Å². The number of hydrogen-bond acceptors (Lipinski definition) is 4. The number of ether oxygens (including phenoxy) is 3. The molecule has 0 radical (unpaired) electrons. The topological polar surface area (TPSA) is 44.8 Å². The zero-order valence-electron chi connectivity index (χ0n) is 8.83. The van der Waals surface area contributed by atoms with Gasteiger partial charge in [0.15, 0.2) is 11.5 Å². The average Bonchev–Trinajstić information content (AvgIpc) is 2.59. The van der Waals surface area contributed by atoms with Crippen LogP contribution in [-0.2, 0) is 9.53 Å². The third-order valence-corrected chi connectivity index (χ3v) is 2.18. The number of hydrogen-bond donors (Lipinski definition) is 0. The summed E-state index contributed by atoms with van der Waals surface area (Å²) in [5, 5.41) is 0. The van der Waals surface area contributed by atoms with Crippen molar-refractivity contribution in [3.63, 3.8) is 0 Å². The fourth-order valence-electron chi connectivity index (χ4n) is 1.38. The third-order valence-electron chi connectivity index (χ3n) is 2.18. The van der Waals surface area contributed by atoms with Gasteiger partial charge in [0.25, 0.3) is 0 Å². The highest BCUT2D eigenvalue weighted by atomic mass is 19.3. The van der Waals surface area contributed by atoms with Crippen LogP contribution in [0.4, 0.5) is 8.78 Å². The molecule has 1 aliphatic heterocycles. The fraction of sp³-hybridized carbons (Fsp3) is 0.182. The van der Waals surface area contributed by atoms with E-state index in [2.05, 4.69) is 20.8 Å². The van der Waals surface area contributed by atoms with Crippen LogP contribution < -0.4 is 9.47 Å². The van der Waals surface area contributed by atoms with E-state index in [9.17, 15) is 13.6 Å². The van der Waals surface area contributed by atoms with Crippen LogP contribution in [-0.4, -0.2) is 19.4 Å². The molecule has 0 bridgehead atoms. The lowest BCUT2D eigenvalue weighted by Crippen LogP contribution is -2.25. The first-order valence-electron chi connectivity index (χ1n) is 4.60. The third kappa shape index (κ3) is 2.06. The van der Waals surface area contributed by atoms with Crippen molar-refractivity contribution < 1.29 is 27.8 Å². The predicted octanol–water partition coefficient (Wildman–Crippen LogP) is 2.19. The van der Waals surface area contributed by atoms with Crippen LogP contribution in [0, 0.1) is 0 Å². The van der Waals surface area contributed by atoms with E-state index >= 15 is 0 Å². The molecule has 0 fully saturated rings. The van der Waals surface area contributed by atoms with Gasteiger partial charge in [-0.2, -0.15) is 0 Å². The maximum absolute atomic E-state index is 12.7. The Balaban J connectivity index is 2.31. The minimum absolute atomic E-state index is 0.0501. The van der Waals surface area contributed by atoms with E-state index in [1.807, 2.05) is 0 Å². The van der Waals surface area contributed by atoms with E-state index in [1.54, 1.807) is 0 Å². The van der Waals surface area contributed by atoms with Gasteiger partial charge < -0.3 is 14.2 Å². The molecule has 4 nitrogen and oxygen atoms in total. The van der Waals surface area contributed by atoms with Gasteiger partial charge in [-0.25, -0.2) is 4.79 Å². The number of rotatable bonds is 2. The Labute approximate surface area is 95.4 Å². The van der Waals surface area contributed by atoms with Gasteiger partial charge in [-0.1, -0.05) is 12.6 Å². The van der Waals surface area contributed by atoms with Gasteiger partial charge in [0.1, 0.15) is 0 Å². The number of carbonyl (C=O) groups is 1. The van der Waals surface area contributed by atoms with Crippen molar-refractivity contribution in [2.75, 3.05) is 7.11 Å². The van der Waals surface area contributed by atoms with Crippen molar-refractivity contribution in [3.8, 4) is 11.5 Å². The second-order valence-corrected chi connectivity index (χ2v) is 3.30. The number of fused-ring (bicyclic) bond motifs is 1. The zero-order chi connectivity index (χ0) is 12.6. The van der Waals surface area contributed by atoms with Crippen LogP contribution in [0.3, 0.4) is 0 Å². The highest BCUT2D eigenvalue weighted by Crippen LogP contribution is 2.42. The van der Waals surface area contributed by atoms with Crippen molar-refractivity contribution in [1.29, 1.82) is 0 Å². The van der Waals surface area contributed by atoms with Crippen LogP contribution in [0.5, 0.6) is 11.5 Å². The largest absolute Gasteiger partial charge is 0.586 e. The van der Waals surface area contributed by atoms with Crippen molar-refractivity contribution in [2.24, 2.45) is 0 Å². The first-order valence-corrected chi connectivity index (χ1v) is 4.60. The van der Waals surface area contributed by atoms with Crippen molar-refractivity contribution in [1.82, 2.24) is 0 Å². The summed E-state index contributed by atoms with van der Waals surface area (Å²) < 4.78 is 38.4. The minimum atomic E-state index is -3.67. The lowest BCUT2D eigenvalue weighted by Gasteiger charge is -2.04. The molecule has 0 saturated carbocycles. The van der Waals surface area contributed by atoms with Crippen LogP contribution in [0.2, 0.25) is 0 Å². The lowest BCUT2D eigenvalue weighted by molar-refractivity contribution is -0.286. The number of esters is 1. The molecule has 1 aromatic rings. The zero-order valence-corrected chi connectivity index (χ0v) is 8.83. The quantitative estimate of drug-likeness (QED) is 0.589. The standard InChI is InChI=1S/C11H8F2O4/c1-6(10(14)15-2)7-3-4-8-9(5-7)17-11(12,13)16-8/h3-5H,1H2,2H3. The summed E-state index contributed by atoms with van der Waals surface area (Å²) in [4.78, 5) is 11.2. The first-order chi connectivity index (χ1) is 7.93. The van der Waals surface area contributed by atoms with E-state index in [-0.39, 0.29) is 17.1 Å². The summed E-state index contributed by atoms with van der Waals surface area (Å²) in [5.74, 6) is -0.871. The van der Waals surface area contributed by atoms with Gasteiger partial charge in [0.05, 0.1) is 12.7 Å². The maximum Gasteiger partial charge on any atom is 0.586 e. The van der Waals surface area contributed by atoms with Gasteiger partial charge in [-0.05, 0) is 17.7 Å². The van der Waals surface area contributed by atoms with E-state index < -0.39 is 12.3 Å². The number of benzene rings is 1. The van der Waals surface area contributed by atoms with Gasteiger partial charge in [0, 0.05) is 0 Å². The highest BCUT2D eigenvalue weighted by Gasteiger charge is 2.43. The summed E-state index contributed by atoms with van der Waals surface area (Å²) in [6, 6.07) is 3.94. The van der Waals surface area contributed by atoms with Crippen molar-refractivity contribution >= 4 is 11.5 Å². The molecule has 0 amide bonds. The molecule has 17 heavy (non-hydrogen) atoms. The van der Waals surface area contributed by atoms with E-state index in [4.69, 9.17) is 0 Å². The molecule has 0 unspecified atom stereocenters. The SMILES string of the molecule is C=C(C(=O)OC)c1ccc2c(c1)OC(F)(F)O2. The van der Waals surface area contributed by atoms with Crippen LogP contribution >= 0.6 is 0 Å². The molecule has 6 heteroatoms. The minimum Gasteiger partial charge on any atom is -0.465 e. The van der Waals surface area contributed by atoms with Gasteiger partial charge in [0.2, 0.25) is 0 Å². The Bertz CT molecular complexity index is 496. The molecule has 0 aliphatic carbocycles. The summed E-state index contributed by atoms with van der Waals surface area (Å²) in [6.07, 6.45) is -3.67. The smallest absolute Gasteiger partial charge is 0.465 e. The summed E-state index contributed by atoms with van der Waals surface area (Å²) >= 11 is 0. The number of methoxy groups -OCH3 is 1. The summed E-state index contributed by atoms with van der Waals surface area (Å²) in [5.41, 5.74) is 0.381. The Kier molecular flexibility index (Phi) is 2.49. The normalized spacial score (nSPS) is 15.5. The molecule has 0 spiro atoms. The van der Waals surface area contributed by atoms with Crippen molar-refractivity contribution in [3.05, 3.63) is 30.3 Å². The van der Waals surface area contributed by atoms with Crippen LogP contribution in [0.15, 0.2) is 24.8 Å². The van der Waals surface area contributed by atoms with E-state index in [0.29, 0.717) is 5.56 Å². The Morgan fingerprint density at radius 2 is 2.00 bits per heavy atom. The second kappa shape index (κ2) is 3.73. The number of carbonyl (C=O) groups excluding carboxylic acids is 1. The Hall–Kier alpha value is -2.11. The second-order valence-electron chi connectivity index (χ2n) is 3.30. The summed E-state index contributed by atoms with van der Waals surface area (Å²) in [6.45, 7) is 3.50. The molecule has 1 aromatic carbocycles. The molecule has 0 N–H and O–H groups in total. The van der Waals surface area contributed by atoms with Crippen molar-refractivity contribution in [2.45, 2.75) is 6.29 Å². The Morgan fingerprint density at radius 1 is 1.35 bits per heavy atom. The number of halogens is 2. The Morgan fingerprint density at radius 3 is 2.65 bits per heavy atom. The van der Waals surface area contributed by atoms with Gasteiger partial charge in [-0.15, -0.1) is 8.78 Å². The van der Waals surface area contributed by atoms with E-state index in [0.717, 1.165) is 0 Å². The maximum atomic E-state index is 12.7. The molecule has 0 aromatic heterocycles. The van der Waals surface area contributed by atoms with Gasteiger partial charge in [-0.3, -0.25) is 0 Å².